The van der Waals surface area contributed by atoms with Gasteiger partial charge in [0.2, 0.25) is 5.91 Å². The van der Waals surface area contributed by atoms with Crippen molar-refractivity contribution in [3.05, 3.63) is 64.7 Å². The van der Waals surface area contributed by atoms with E-state index in [2.05, 4.69) is 5.32 Å². The molecule has 2 aromatic rings. The van der Waals surface area contributed by atoms with Crippen LogP contribution in [0.15, 0.2) is 48.5 Å². The number of hydrogen-bond donors (Lipinski definition) is 2. The largest absolute Gasteiger partial charge is 0.368 e. The van der Waals surface area contributed by atoms with Crippen LogP contribution in [0.1, 0.15) is 17.5 Å². The van der Waals surface area contributed by atoms with Crippen LogP contribution in [0.25, 0.3) is 0 Å². The lowest BCUT2D eigenvalue weighted by Gasteiger charge is -2.29. The first-order chi connectivity index (χ1) is 9.62. The van der Waals surface area contributed by atoms with E-state index in [1.807, 2.05) is 36.4 Å². The highest BCUT2D eigenvalue weighted by molar-refractivity contribution is 6.30. The fourth-order valence-corrected chi connectivity index (χ4v) is 2.96. The summed E-state index contributed by atoms with van der Waals surface area (Å²) in [5.74, 6) is -0.350. The van der Waals surface area contributed by atoms with Crippen molar-refractivity contribution in [2.24, 2.45) is 5.73 Å². The lowest BCUT2D eigenvalue weighted by Crippen LogP contribution is -2.46. The number of carbonyl (C=O) groups is 1. The third-order valence-corrected chi connectivity index (χ3v) is 4.12. The third-order valence-electron chi connectivity index (χ3n) is 3.87. The summed E-state index contributed by atoms with van der Waals surface area (Å²) >= 11 is 5.89. The number of benzene rings is 2. The molecule has 0 saturated carbocycles. The normalized spacial score (nSPS) is 20.4. The Morgan fingerprint density at radius 2 is 1.85 bits per heavy atom. The van der Waals surface area contributed by atoms with Crippen molar-refractivity contribution in [3.63, 3.8) is 0 Å². The Labute approximate surface area is 122 Å². The van der Waals surface area contributed by atoms with E-state index in [9.17, 15) is 4.79 Å². The number of primary amides is 1. The molecular weight excluding hydrogens is 272 g/mol. The SMILES string of the molecule is NC(=O)C1(Nc2ccc(Cl)cc2)CCc2ccccc21. The summed E-state index contributed by atoms with van der Waals surface area (Å²) in [5.41, 5.74) is 7.86. The molecule has 1 unspecified atom stereocenters. The molecule has 3 rings (SSSR count). The number of carbonyl (C=O) groups excluding carboxylic acids is 1. The number of fused-ring (bicyclic) bond motifs is 1. The number of anilines is 1. The van der Waals surface area contributed by atoms with E-state index >= 15 is 0 Å². The van der Waals surface area contributed by atoms with E-state index in [0.717, 1.165) is 17.7 Å². The van der Waals surface area contributed by atoms with Crippen molar-refractivity contribution in [1.82, 2.24) is 0 Å². The molecular formula is C16H15ClN2O. The Morgan fingerprint density at radius 3 is 2.55 bits per heavy atom. The second kappa shape index (κ2) is 4.84. The first-order valence-corrected chi connectivity index (χ1v) is 6.92. The lowest BCUT2D eigenvalue weighted by molar-refractivity contribution is -0.122. The van der Waals surface area contributed by atoms with E-state index in [-0.39, 0.29) is 5.91 Å². The van der Waals surface area contributed by atoms with Gasteiger partial charge in [-0.2, -0.15) is 0 Å². The van der Waals surface area contributed by atoms with Crippen LogP contribution in [0, 0.1) is 0 Å². The van der Waals surface area contributed by atoms with Crippen LogP contribution < -0.4 is 11.1 Å². The minimum absolute atomic E-state index is 0.350. The van der Waals surface area contributed by atoms with Crippen LogP contribution in [-0.4, -0.2) is 5.91 Å². The average Bonchev–Trinajstić information content (AvgIpc) is 2.82. The van der Waals surface area contributed by atoms with Gasteiger partial charge in [-0.25, -0.2) is 0 Å². The summed E-state index contributed by atoms with van der Waals surface area (Å²) in [5, 5.41) is 3.97. The summed E-state index contributed by atoms with van der Waals surface area (Å²) in [7, 11) is 0. The van der Waals surface area contributed by atoms with Crippen molar-refractivity contribution >= 4 is 23.2 Å². The minimum Gasteiger partial charge on any atom is -0.368 e. The van der Waals surface area contributed by atoms with Gasteiger partial charge in [0.25, 0.3) is 0 Å². The van der Waals surface area contributed by atoms with Gasteiger partial charge in [-0.3, -0.25) is 4.79 Å². The molecule has 0 bridgehead atoms. The number of amides is 1. The number of aryl methyl sites for hydroxylation is 1. The van der Waals surface area contributed by atoms with Crippen molar-refractivity contribution < 1.29 is 4.79 Å². The van der Waals surface area contributed by atoms with E-state index < -0.39 is 5.54 Å². The molecule has 0 radical (unpaired) electrons. The molecule has 1 aliphatic rings. The van der Waals surface area contributed by atoms with E-state index in [1.165, 1.54) is 5.56 Å². The molecule has 3 N–H and O–H groups in total. The van der Waals surface area contributed by atoms with Gasteiger partial charge < -0.3 is 11.1 Å². The molecule has 20 heavy (non-hydrogen) atoms. The molecule has 0 aliphatic heterocycles. The van der Waals surface area contributed by atoms with Gasteiger partial charge in [-0.1, -0.05) is 35.9 Å². The summed E-state index contributed by atoms with van der Waals surface area (Å²) < 4.78 is 0. The minimum atomic E-state index is -0.829. The zero-order valence-electron chi connectivity index (χ0n) is 10.9. The van der Waals surface area contributed by atoms with Crippen LogP contribution in [0.5, 0.6) is 0 Å². The second-order valence-electron chi connectivity index (χ2n) is 5.06. The second-order valence-corrected chi connectivity index (χ2v) is 5.50. The molecule has 0 heterocycles. The fraction of sp³-hybridized carbons (Fsp3) is 0.188. The average molecular weight is 287 g/mol. The fourth-order valence-electron chi connectivity index (χ4n) is 2.84. The monoisotopic (exact) mass is 286 g/mol. The number of hydrogen-bond acceptors (Lipinski definition) is 2. The zero-order chi connectivity index (χ0) is 14.2. The Bertz CT molecular complexity index is 654. The molecule has 1 aliphatic carbocycles. The molecule has 0 fully saturated rings. The first-order valence-electron chi connectivity index (χ1n) is 6.54. The van der Waals surface area contributed by atoms with Crippen LogP contribution in [0.2, 0.25) is 5.02 Å². The quantitative estimate of drug-likeness (QED) is 0.911. The molecule has 102 valence electrons. The highest BCUT2D eigenvalue weighted by atomic mass is 35.5. The Kier molecular flexibility index (Phi) is 3.14. The molecule has 0 spiro atoms. The van der Waals surface area contributed by atoms with Gasteiger partial charge in [0.05, 0.1) is 0 Å². The van der Waals surface area contributed by atoms with Crippen molar-refractivity contribution in [1.29, 1.82) is 0 Å². The maximum atomic E-state index is 12.1. The van der Waals surface area contributed by atoms with Crippen LogP contribution >= 0.6 is 11.6 Å². The summed E-state index contributed by atoms with van der Waals surface area (Å²) in [6.07, 6.45) is 1.52. The molecule has 0 aromatic heterocycles. The highest BCUT2D eigenvalue weighted by Gasteiger charge is 2.43. The van der Waals surface area contributed by atoms with Crippen molar-refractivity contribution in [3.8, 4) is 0 Å². The van der Waals surface area contributed by atoms with E-state index in [4.69, 9.17) is 17.3 Å². The summed E-state index contributed by atoms with van der Waals surface area (Å²) in [6.45, 7) is 0. The Balaban J connectivity index is 2.02. The molecule has 4 heteroatoms. The van der Waals surface area contributed by atoms with Crippen molar-refractivity contribution in [2.75, 3.05) is 5.32 Å². The smallest absolute Gasteiger partial charge is 0.247 e. The van der Waals surface area contributed by atoms with Gasteiger partial charge >= 0.3 is 0 Å². The molecule has 2 aromatic carbocycles. The Hall–Kier alpha value is -2.00. The van der Waals surface area contributed by atoms with E-state index in [1.54, 1.807) is 12.1 Å². The molecule has 3 nitrogen and oxygen atoms in total. The van der Waals surface area contributed by atoms with Gasteiger partial charge in [0, 0.05) is 10.7 Å². The third kappa shape index (κ3) is 2.04. The summed E-state index contributed by atoms with van der Waals surface area (Å²) in [4.78, 5) is 12.1. The number of halogens is 1. The molecule has 1 amide bonds. The van der Waals surface area contributed by atoms with Gasteiger partial charge in [-0.15, -0.1) is 0 Å². The predicted molar refractivity (Wildman–Crippen MR) is 80.7 cm³/mol. The maximum absolute atomic E-state index is 12.1. The van der Waals surface area contributed by atoms with Gasteiger partial charge in [0.1, 0.15) is 5.54 Å². The van der Waals surface area contributed by atoms with E-state index in [0.29, 0.717) is 11.4 Å². The number of nitrogens with one attached hydrogen (secondary N) is 1. The highest BCUT2D eigenvalue weighted by Crippen LogP contribution is 2.39. The first kappa shape index (κ1) is 13.0. The van der Waals surface area contributed by atoms with Gasteiger partial charge in [-0.05, 0) is 48.2 Å². The lowest BCUT2D eigenvalue weighted by atomic mass is 9.90. The molecule has 1 atom stereocenters. The van der Waals surface area contributed by atoms with Crippen molar-refractivity contribution in [2.45, 2.75) is 18.4 Å². The number of nitrogens with two attached hydrogens (primary N) is 1. The maximum Gasteiger partial charge on any atom is 0.247 e. The van der Waals surface area contributed by atoms with Crippen LogP contribution in [-0.2, 0) is 16.8 Å². The topological polar surface area (TPSA) is 55.1 Å². The predicted octanol–water partition coefficient (Wildman–Crippen LogP) is 3.08. The number of rotatable bonds is 3. The Morgan fingerprint density at radius 1 is 1.15 bits per heavy atom. The van der Waals surface area contributed by atoms with Gasteiger partial charge in [0.15, 0.2) is 0 Å². The zero-order valence-corrected chi connectivity index (χ0v) is 11.7. The standard InChI is InChI=1S/C16H15ClN2O/c17-12-5-7-13(8-6-12)19-16(15(18)20)10-9-11-3-1-2-4-14(11)16/h1-8,19H,9-10H2,(H2,18,20). The summed E-state index contributed by atoms with van der Waals surface area (Å²) in [6, 6.07) is 15.2. The molecule has 0 saturated heterocycles. The van der Waals surface area contributed by atoms with Crippen LogP contribution in [0.3, 0.4) is 0 Å². The van der Waals surface area contributed by atoms with Crippen LogP contribution in [0.4, 0.5) is 5.69 Å².